The lowest BCUT2D eigenvalue weighted by Gasteiger charge is -2.30. The fourth-order valence-corrected chi connectivity index (χ4v) is 4.39. The van der Waals surface area contributed by atoms with Gasteiger partial charge in [0.05, 0.1) is 24.5 Å². The molecule has 0 spiro atoms. The molecule has 0 bridgehead atoms. The zero-order chi connectivity index (χ0) is 12.9. The maximum Gasteiger partial charge on any atom is 0.306 e. The average molecular weight is 263 g/mol. The molecule has 17 heavy (non-hydrogen) atoms. The van der Waals surface area contributed by atoms with Crippen LogP contribution in [-0.2, 0) is 19.4 Å². The number of methoxy groups -OCH3 is 1. The van der Waals surface area contributed by atoms with E-state index in [0.717, 1.165) is 19.3 Å². The molecule has 0 aromatic carbocycles. The minimum absolute atomic E-state index is 0.0198. The molecule has 0 saturated heterocycles. The van der Waals surface area contributed by atoms with E-state index in [1.807, 2.05) is 0 Å². The van der Waals surface area contributed by atoms with Crippen molar-refractivity contribution in [2.45, 2.75) is 43.4 Å². The summed E-state index contributed by atoms with van der Waals surface area (Å²) in [5, 5.41) is 2.71. The summed E-state index contributed by atoms with van der Waals surface area (Å²) in [5.41, 5.74) is 0. The van der Waals surface area contributed by atoms with Gasteiger partial charge in [0.25, 0.3) is 0 Å². The molecule has 0 amide bonds. The van der Waals surface area contributed by atoms with Crippen molar-refractivity contribution < 1.29 is 17.9 Å². The van der Waals surface area contributed by atoms with E-state index in [1.54, 1.807) is 7.05 Å². The van der Waals surface area contributed by atoms with Crippen molar-refractivity contribution in [2.24, 2.45) is 0 Å². The maximum absolute atomic E-state index is 12.1. The zero-order valence-electron chi connectivity index (χ0n) is 10.4. The van der Waals surface area contributed by atoms with E-state index in [1.165, 1.54) is 7.11 Å². The lowest BCUT2D eigenvalue weighted by molar-refractivity contribution is -0.140. The summed E-state index contributed by atoms with van der Waals surface area (Å²) in [6.07, 6.45) is 3.54. The molecule has 1 aliphatic carbocycles. The summed E-state index contributed by atoms with van der Waals surface area (Å²) >= 11 is 0. The fraction of sp³-hybridized carbons (Fsp3) is 0.909. The lowest BCUT2D eigenvalue weighted by atomic mass is 9.95. The van der Waals surface area contributed by atoms with Gasteiger partial charge in [0.2, 0.25) is 0 Å². The number of hydrogen-bond acceptors (Lipinski definition) is 5. The molecule has 1 saturated carbocycles. The summed E-state index contributed by atoms with van der Waals surface area (Å²) in [5.74, 6) is -0.576. The third kappa shape index (κ3) is 3.96. The van der Waals surface area contributed by atoms with Crippen LogP contribution in [0.2, 0.25) is 0 Å². The molecule has 2 atom stereocenters. The molecular formula is C11H21NO4S. The van der Waals surface area contributed by atoms with Gasteiger partial charge in [-0.05, 0) is 19.9 Å². The normalized spacial score (nSPS) is 25.5. The average Bonchev–Trinajstić information content (AvgIpc) is 2.35. The van der Waals surface area contributed by atoms with Gasteiger partial charge in [-0.25, -0.2) is 8.42 Å². The first-order valence-corrected chi connectivity index (χ1v) is 7.68. The summed E-state index contributed by atoms with van der Waals surface area (Å²) in [6.45, 7) is 0. The number of ether oxygens (including phenoxy) is 1. The number of carbonyl (C=O) groups is 1. The van der Waals surface area contributed by atoms with Gasteiger partial charge in [-0.1, -0.05) is 12.8 Å². The minimum atomic E-state index is -3.21. The Bertz CT molecular complexity index is 352. The lowest BCUT2D eigenvalue weighted by Crippen LogP contribution is -2.45. The van der Waals surface area contributed by atoms with Gasteiger partial charge in [0, 0.05) is 6.04 Å². The Kier molecular flexibility index (Phi) is 5.39. The molecule has 0 radical (unpaired) electrons. The van der Waals surface area contributed by atoms with Crippen LogP contribution in [0.5, 0.6) is 0 Å². The number of carbonyl (C=O) groups excluding carboxylic acids is 1. The summed E-state index contributed by atoms with van der Waals surface area (Å²) in [7, 11) is -0.153. The van der Waals surface area contributed by atoms with E-state index in [0.29, 0.717) is 6.42 Å². The minimum Gasteiger partial charge on any atom is -0.469 e. The van der Waals surface area contributed by atoms with Crippen molar-refractivity contribution in [3.63, 3.8) is 0 Å². The number of sulfone groups is 1. The number of esters is 1. The highest BCUT2D eigenvalue weighted by atomic mass is 32.2. The number of hydrogen-bond donors (Lipinski definition) is 1. The van der Waals surface area contributed by atoms with Crippen LogP contribution in [-0.4, -0.2) is 45.6 Å². The number of rotatable bonds is 5. The van der Waals surface area contributed by atoms with Gasteiger partial charge >= 0.3 is 5.97 Å². The second-order valence-electron chi connectivity index (χ2n) is 4.41. The molecule has 0 aromatic heterocycles. The van der Waals surface area contributed by atoms with Crippen molar-refractivity contribution in [3.05, 3.63) is 0 Å². The molecule has 1 N–H and O–H groups in total. The summed E-state index contributed by atoms with van der Waals surface area (Å²) in [6, 6.07) is 0.0198. The third-order valence-corrected chi connectivity index (χ3v) is 5.61. The molecule has 6 heteroatoms. The SMILES string of the molecule is CNC1CCCCC1S(=O)(=O)CCC(=O)OC. The largest absolute Gasteiger partial charge is 0.469 e. The van der Waals surface area contributed by atoms with E-state index in [9.17, 15) is 13.2 Å². The first-order chi connectivity index (χ1) is 8.01. The molecule has 0 heterocycles. The van der Waals surface area contributed by atoms with Crippen molar-refractivity contribution in [1.82, 2.24) is 5.32 Å². The van der Waals surface area contributed by atoms with Crippen LogP contribution in [0.25, 0.3) is 0 Å². The van der Waals surface area contributed by atoms with E-state index in [4.69, 9.17) is 0 Å². The Hall–Kier alpha value is -0.620. The quantitative estimate of drug-likeness (QED) is 0.731. The topological polar surface area (TPSA) is 72.5 Å². The zero-order valence-corrected chi connectivity index (χ0v) is 11.3. The van der Waals surface area contributed by atoms with Gasteiger partial charge in [-0.15, -0.1) is 0 Å². The molecule has 0 aliphatic heterocycles. The fourth-order valence-electron chi connectivity index (χ4n) is 2.34. The molecule has 0 aromatic rings. The predicted molar refractivity (Wildman–Crippen MR) is 65.5 cm³/mol. The standard InChI is InChI=1S/C11H21NO4S/c1-12-9-5-3-4-6-10(9)17(14,15)8-7-11(13)16-2/h9-10,12H,3-8H2,1-2H3. The van der Waals surface area contributed by atoms with E-state index >= 15 is 0 Å². The van der Waals surface area contributed by atoms with Crippen LogP contribution >= 0.6 is 0 Å². The molecule has 1 rings (SSSR count). The van der Waals surface area contributed by atoms with Gasteiger partial charge in [0.1, 0.15) is 0 Å². The Balaban J connectivity index is 2.64. The Labute approximate surface area is 103 Å². The van der Waals surface area contributed by atoms with Gasteiger partial charge < -0.3 is 10.1 Å². The Morgan fingerprint density at radius 2 is 2.00 bits per heavy atom. The van der Waals surface area contributed by atoms with E-state index in [-0.39, 0.29) is 23.5 Å². The highest BCUT2D eigenvalue weighted by molar-refractivity contribution is 7.92. The van der Waals surface area contributed by atoms with E-state index in [2.05, 4.69) is 10.1 Å². The van der Waals surface area contributed by atoms with Crippen LogP contribution in [0.4, 0.5) is 0 Å². The smallest absolute Gasteiger partial charge is 0.306 e. The van der Waals surface area contributed by atoms with Gasteiger partial charge in [-0.2, -0.15) is 0 Å². The van der Waals surface area contributed by atoms with E-state index < -0.39 is 15.8 Å². The van der Waals surface area contributed by atoms with Crippen LogP contribution in [0.15, 0.2) is 0 Å². The predicted octanol–water partition coefficient (Wildman–Crippen LogP) is 0.495. The third-order valence-electron chi connectivity index (χ3n) is 3.35. The van der Waals surface area contributed by atoms with Crippen molar-refractivity contribution in [2.75, 3.05) is 19.9 Å². The first kappa shape index (κ1) is 14.4. The Morgan fingerprint density at radius 1 is 1.35 bits per heavy atom. The number of nitrogens with one attached hydrogen (secondary N) is 1. The first-order valence-electron chi connectivity index (χ1n) is 5.97. The summed E-state index contributed by atoms with van der Waals surface area (Å²) < 4.78 is 28.7. The van der Waals surface area contributed by atoms with Crippen LogP contribution in [0.3, 0.4) is 0 Å². The molecule has 2 unspecified atom stereocenters. The van der Waals surface area contributed by atoms with Crippen molar-refractivity contribution in [3.8, 4) is 0 Å². The van der Waals surface area contributed by atoms with Crippen LogP contribution < -0.4 is 5.32 Å². The van der Waals surface area contributed by atoms with Gasteiger partial charge in [0.15, 0.2) is 9.84 Å². The van der Waals surface area contributed by atoms with Crippen molar-refractivity contribution in [1.29, 1.82) is 0 Å². The van der Waals surface area contributed by atoms with Gasteiger partial charge in [-0.3, -0.25) is 4.79 Å². The Morgan fingerprint density at radius 3 is 2.59 bits per heavy atom. The second-order valence-corrected chi connectivity index (χ2v) is 6.75. The van der Waals surface area contributed by atoms with Crippen LogP contribution in [0, 0.1) is 0 Å². The maximum atomic E-state index is 12.1. The highest BCUT2D eigenvalue weighted by Gasteiger charge is 2.34. The van der Waals surface area contributed by atoms with Crippen molar-refractivity contribution >= 4 is 15.8 Å². The highest BCUT2D eigenvalue weighted by Crippen LogP contribution is 2.25. The molecular weight excluding hydrogens is 242 g/mol. The summed E-state index contributed by atoms with van der Waals surface area (Å²) in [4.78, 5) is 11.0. The molecule has 1 fully saturated rings. The monoisotopic (exact) mass is 263 g/mol. The second kappa shape index (κ2) is 6.35. The molecule has 1 aliphatic rings. The molecule has 100 valence electrons. The van der Waals surface area contributed by atoms with Crippen LogP contribution in [0.1, 0.15) is 32.1 Å². The molecule has 5 nitrogen and oxygen atoms in total.